The molecule has 22 heavy (non-hydrogen) atoms. The summed E-state index contributed by atoms with van der Waals surface area (Å²) in [5, 5.41) is 0. The molecular weight excluding hydrogens is 297 g/mol. The first kappa shape index (κ1) is 17.7. The third kappa shape index (κ3) is 5.59. The Bertz CT molecular complexity index is 529. The Kier molecular flexibility index (Phi) is 6.15. The lowest BCUT2D eigenvalue weighted by Crippen LogP contribution is -2.45. The minimum atomic E-state index is -4.50. The Labute approximate surface area is 126 Å². The van der Waals surface area contributed by atoms with Crippen molar-refractivity contribution in [1.82, 2.24) is 9.80 Å². The molecule has 0 aliphatic heterocycles. The van der Waals surface area contributed by atoms with Gasteiger partial charge in [-0.05, 0) is 12.1 Å². The van der Waals surface area contributed by atoms with E-state index in [-0.39, 0.29) is 6.54 Å². The first-order valence-electron chi connectivity index (χ1n) is 6.50. The molecule has 0 N–H and O–H groups in total. The standard InChI is InChI=1S/C15H17F3N2O2/c1-3-9-20(11-15(16,17)18)13(21)10-19(2)14(22)12-7-5-4-6-8-12/h3-8H,1,9-11H2,2H3. The van der Waals surface area contributed by atoms with Crippen LogP contribution < -0.4 is 0 Å². The number of carbonyl (C=O) groups excluding carboxylic acids is 2. The normalized spacial score (nSPS) is 10.9. The van der Waals surface area contributed by atoms with Gasteiger partial charge < -0.3 is 9.80 Å². The van der Waals surface area contributed by atoms with Crippen molar-refractivity contribution in [2.75, 3.05) is 26.7 Å². The van der Waals surface area contributed by atoms with Gasteiger partial charge in [-0.1, -0.05) is 24.3 Å². The lowest BCUT2D eigenvalue weighted by molar-refractivity contribution is -0.160. The SMILES string of the molecule is C=CCN(CC(F)(F)F)C(=O)CN(C)C(=O)c1ccccc1. The highest BCUT2D eigenvalue weighted by Crippen LogP contribution is 2.16. The van der Waals surface area contributed by atoms with Crippen LogP contribution in [-0.2, 0) is 4.79 Å². The zero-order valence-corrected chi connectivity index (χ0v) is 12.1. The van der Waals surface area contributed by atoms with Crippen molar-refractivity contribution >= 4 is 11.8 Å². The van der Waals surface area contributed by atoms with E-state index in [0.29, 0.717) is 10.5 Å². The lowest BCUT2D eigenvalue weighted by atomic mass is 10.2. The summed E-state index contributed by atoms with van der Waals surface area (Å²) in [6, 6.07) is 8.20. The summed E-state index contributed by atoms with van der Waals surface area (Å²) in [7, 11) is 1.37. The molecule has 7 heteroatoms. The van der Waals surface area contributed by atoms with Crippen molar-refractivity contribution in [2.45, 2.75) is 6.18 Å². The molecule has 0 saturated carbocycles. The van der Waals surface area contributed by atoms with Gasteiger partial charge in [-0.3, -0.25) is 9.59 Å². The number of benzene rings is 1. The number of rotatable bonds is 6. The quantitative estimate of drug-likeness (QED) is 0.756. The fourth-order valence-corrected chi connectivity index (χ4v) is 1.80. The monoisotopic (exact) mass is 314 g/mol. The second-order valence-corrected chi connectivity index (χ2v) is 4.71. The summed E-state index contributed by atoms with van der Waals surface area (Å²) < 4.78 is 37.3. The Morgan fingerprint density at radius 1 is 1.23 bits per heavy atom. The van der Waals surface area contributed by atoms with Gasteiger partial charge in [0.05, 0.1) is 6.54 Å². The van der Waals surface area contributed by atoms with E-state index in [4.69, 9.17) is 0 Å². The van der Waals surface area contributed by atoms with Gasteiger partial charge >= 0.3 is 6.18 Å². The maximum atomic E-state index is 12.4. The van der Waals surface area contributed by atoms with Gasteiger partial charge in [-0.25, -0.2) is 0 Å². The molecule has 0 aromatic heterocycles. The molecule has 0 bridgehead atoms. The molecule has 0 aliphatic carbocycles. The van der Waals surface area contributed by atoms with Crippen molar-refractivity contribution in [3.05, 3.63) is 48.6 Å². The number of alkyl halides is 3. The van der Waals surface area contributed by atoms with Crippen LogP contribution in [0.1, 0.15) is 10.4 Å². The van der Waals surface area contributed by atoms with Gasteiger partial charge in [0, 0.05) is 19.2 Å². The summed E-state index contributed by atoms with van der Waals surface area (Å²) in [4.78, 5) is 25.7. The number of carbonyl (C=O) groups is 2. The molecule has 0 unspecified atom stereocenters. The average Bonchev–Trinajstić information content (AvgIpc) is 2.45. The maximum absolute atomic E-state index is 12.4. The highest BCUT2D eigenvalue weighted by molar-refractivity contribution is 5.96. The first-order valence-corrected chi connectivity index (χ1v) is 6.50. The molecule has 0 spiro atoms. The van der Waals surface area contributed by atoms with E-state index in [9.17, 15) is 22.8 Å². The summed E-state index contributed by atoms with van der Waals surface area (Å²) in [5.74, 6) is -1.22. The third-order valence-corrected chi connectivity index (χ3v) is 2.81. The minimum absolute atomic E-state index is 0.230. The van der Waals surface area contributed by atoms with Crippen LogP contribution in [0.5, 0.6) is 0 Å². The summed E-state index contributed by atoms with van der Waals surface area (Å²) in [6.45, 7) is 1.30. The van der Waals surface area contributed by atoms with Crippen molar-refractivity contribution in [1.29, 1.82) is 0 Å². The Morgan fingerprint density at radius 2 is 1.82 bits per heavy atom. The maximum Gasteiger partial charge on any atom is 0.406 e. The largest absolute Gasteiger partial charge is 0.406 e. The predicted octanol–water partition coefficient (Wildman–Crippen LogP) is 2.34. The van der Waals surface area contributed by atoms with E-state index in [2.05, 4.69) is 6.58 Å². The van der Waals surface area contributed by atoms with E-state index in [1.165, 1.54) is 13.1 Å². The summed E-state index contributed by atoms with van der Waals surface area (Å²) in [6.07, 6.45) is -3.29. The molecule has 1 rings (SSSR count). The van der Waals surface area contributed by atoms with E-state index in [1.54, 1.807) is 30.3 Å². The molecule has 0 aliphatic rings. The van der Waals surface area contributed by atoms with Crippen molar-refractivity contribution in [2.24, 2.45) is 0 Å². The van der Waals surface area contributed by atoms with E-state index >= 15 is 0 Å². The van der Waals surface area contributed by atoms with Crippen LogP contribution in [0, 0.1) is 0 Å². The fraction of sp³-hybridized carbons (Fsp3) is 0.333. The van der Waals surface area contributed by atoms with Crippen LogP contribution in [0.25, 0.3) is 0 Å². The smallest absolute Gasteiger partial charge is 0.332 e. The highest BCUT2D eigenvalue weighted by atomic mass is 19.4. The Balaban J connectivity index is 2.72. The van der Waals surface area contributed by atoms with Crippen LogP contribution in [-0.4, -0.2) is 54.5 Å². The molecule has 0 fully saturated rings. The number of hydrogen-bond donors (Lipinski definition) is 0. The van der Waals surface area contributed by atoms with Crippen molar-refractivity contribution < 1.29 is 22.8 Å². The number of nitrogens with zero attached hydrogens (tertiary/aromatic N) is 2. The molecular formula is C15H17F3N2O2. The molecule has 0 radical (unpaired) electrons. The molecule has 1 aromatic carbocycles. The average molecular weight is 314 g/mol. The summed E-state index contributed by atoms with van der Waals surface area (Å²) >= 11 is 0. The van der Waals surface area contributed by atoms with E-state index < -0.39 is 31.1 Å². The second-order valence-electron chi connectivity index (χ2n) is 4.71. The molecule has 0 heterocycles. The predicted molar refractivity (Wildman–Crippen MR) is 76.2 cm³/mol. The van der Waals surface area contributed by atoms with Gasteiger partial charge in [0.1, 0.15) is 6.54 Å². The Hall–Kier alpha value is -2.31. The second kappa shape index (κ2) is 7.63. The number of likely N-dealkylation sites (N-methyl/N-ethyl adjacent to an activating group) is 1. The van der Waals surface area contributed by atoms with Gasteiger partial charge in [0.15, 0.2) is 0 Å². The van der Waals surface area contributed by atoms with Crippen LogP contribution in [0.4, 0.5) is 13.2 Å². The topological polar surface area (TPSA) is 40.6 Å². The van der Waals surface area contributed by atoms with Crippen molar-refractivity contribution in [3.63, 3.8) is 0 Å². The van der Waals surface area contributed by atoms with Crippen LogP contribution >= 0.6 is 0 Å². The van der Waals surface area contributed by atoms with Gasteiger partial charge in [0.2, 0.25) is 5.91 Å². The highest BCUT2D eigenvalue weighted by Gasteiger charge is 2.33. The minimum Gasteiger partial charge on any atom is -0.332 e. The van der Waals surface area contributed by atoms with Crippen molar-refractivity contribution in [3.8, 4) is 0 Å². The number of hydrogen-bond acceptors (Lipinski definition) is 2. The molecule has 2 amide bonds. The third-order valence-electron chi connectivity index (χ3n) is 2.81. The lowest BCUT2D eigenvalue weighted by Gasteiger charge is -2.25. The zero-order valence-electron chi connectivity index (χ0n) is 12.1. The first-order chi connectivity index (χ1) is 10.2. The zero-order chi connectivity index (χ0) is 16.8. The van der Waals surface area contributed by atoms with Gasteiger partial charge in [0.25, 0.3) is 5.91 Å². The van der Waals surface area contributed by atoms with E-state index in [0.717, 1.165) is 4.90 Å². The fourth-order valence-electron chi connectivity index (χ4n) is 1.80. The molecule has 120 valence electrons. The van der Waals surface area contributed by atoms with Crippen LogP contribution in [0.15, 0.2) is 43.0 Å². The molecule has 0 atom stereocenters. The van der Waals surface area contributed by atoms with Gasteiger partial charge in [-0.2, -0.15) is 13.2 Å². The molecule has 4 nitrogen and oxygen atoms in total. The van der Waals surface area contributed by atoms with Gasteiger partial charge in [-0.15, -0.1) is 6.58 Å². The van der Waals surface area contributed by atoms with Crippen LogP contribution in [0.2, 0.25) is 0 Å². The van der Waals surface area contributed by atoms with E-state index in [1.807, 2.05) is 0 Å². The molecule has 0 saturated heterocycles. The number of amides is 2. The number of halogens is 3. The van der Waals surface area contributed by atoms with Crippen LogP contribution in [0.3, 0.4) is 0 Å². The summed E-state index contributed by atoms with van der Waals surface area (Å²) in [5.41, 5.74) is 0.365. The Morgan fingerprint density at radius 3 is 2.32 bits per heavy atom. The molecule has 1 aromatic rings.